The monoisotopic (exact) mass is 236 g/mol. The maximum Gasteiger partial charge on any atom is 0.307 e. The molecule has 0 atom stereocenters. The molecule has 0 amide bonds. The number of methoxy groups -OCH3 is 1. The molecule has 0 bridgehead atoms. The van der Waals surface area contributed by atoms with Crippen LogP contribution in [0.5, 0.6) is 11.5 Å². The smallest absolute Gasteiger partial charge is 0.307 e. The maximum atomic E-state index is 10.6. The number of carboxylic acids is 1. The van der Waals surface area contributed by atoms with Gasteiger partial charge >= 0.3 is 5.97 Å². The molecule has 2 rings (SSSR count). The van der Waals surface area contributed by atoms with E-state index in [2.05, 4.69) is 0 Å². The molecule has 4 heteroatoms. The molecule has 0 unspecified atom stereocenters. The molecule has 1 aliphatic rings. The first-order valence-electron chi connectivity index (χ1n) is 5.74. The molecule has 17 heavy (non-hydrogen) atoms. The molecule has 4 nitrogen and oxygen atoms in total. The Morgan fingerprint density at radius 2 is 2.18 bits per heavy atom. The van der Waals surface area contributed by atoms with Gasteiger partial charge in [0.05, 0.1) is 19.6 Å². The van der Waals surface area contributed by atoms with Gasteiger partial charge in [-0.1, -0.05) is 6.07 Å². The molecule has 0 aromatic heterocycles. The van der Waals surface area contributed by atoms with E-state index in [4.69, 9.17) is 14.6 Å². The van der Waals surface area contributed by atoms with Crippen LogP contribution in [0.2, 0.25) is 0 Å². The second-order valence-corrected chi connectivity index (χ2v) is 4.23. The van der Waals surface area contributed by atoms with Gasteiger partial charge in [-0.2, -0.15) is 0 Å². The van der Waals surface area contributed by atoms with Crippen molar-refractivity contribution in [2.24, 2.45) is 0 Å². The highest BCUT2D eigenvalue weighted by molar-refractivity contribution is 5.70. The van der Waals surface area contributed by atoms with Crippen molar-refractivity contribution in [3.8, 4) is 11.5 Å². The molecule has 1 N–H and O–H groups in total. The highest BCUT2D eigenvalue weighted by Gasteiger charge is 2.20. The van der Waals surface area contributed by atoms with Crippen LogP contribution in [-0.4, -0.2) is 24.3 Å². The number of carbonyl (C=O) groups is 1. The number of ether oxygens (including phenoxy) is 2. The van der Waals surface area contributed by atoms with Gasteiger partial charge in [-0.05, 0) is 37.0 Å². The molecule has 1 aromatic carbocycles. The molecule has 0 aliphatic heterocycles. The molecule has 0 radical (unpaired) electrons. The summed E-state index contributed by atoms with van der Waals surface area (Å²) in [5.74, 6) is 0.460. The molecule has 1 fully saturated rings. The lowest BCUT2D eigenvalue weighted by Gasteiger charge is -2.27. The predicted octanol–water partition coefficient (Wildman–Crippen LogP) is 2.25. The lowest BCUT2D eigenvalue weighted by molar-refractivity contribution is -0.136. The average Bonchev–Trinajstić information content (AvgIpc) is 2.23. The van der Waals surface area contributed by atoms with Gasteiger partial charge in [-0.25, -0.2) is 0 Å². The van der Waals surface area contributed by atoms with Crippen LogP contribution in [0.25, 0.3) is 0 Å². The Kier molecular flexibility index (Phi) is 3.52. The van der Waals surface area contributed by atoms with Crippen LogP contribution in [0.1, 0.15) is 24.8 Å². The summed E-state index contributed by atoms with van der Waals surface area (Å²) in [6, 6.07) is 5.28. The molecular formula is C13H16O4. The summed E-state index contributed by atoms with van der Waals surface area (Å²) in [6.45, 7) is 0. The summed E-state index contributed by atoms with van der Waals surface area (Å²) in [4.78, 5) is 10.6. The Morgan fingerprint density at radius 1 is 1.41 bits per heavy atom. The summed E-state index contributed by atoms with van der Waals surface area (Å²) in [7, 11) is 1.56. The van der Waals surface area contributed by atoms with Gasteiger partial charge in [0.25, 0.3) is 0 Å². The van der Waals surface area contributed by atoms with Crippen molar-refractivity contribution in [3.05, 3.63) is 23.8 Å². The molecule has 1 aromatic rings. The first-order chi connectivity index (χ1) is 8.19. The first kappa shape index (κ1) is 11.8. The van der Waals surface area contributed by atoms with Gasteiger partial charge in [0, 0.05) is 0 Å². The zero-order valence-electron chi connectivity index (χ0n) is 9.81. The quantitative estimate of drug-likeness (QED) is 0.852. The summed E-state index contributed by atoms with van der Waals surface area (Å²) in [5, 5.41) is 8.72. The lowest BCUT2D eigenvalue weighted by atomic mass is 9.96. The van der Waals surface area contributed by atoms with Gasteiger partial charge in [0.2, 0.25) is 0 Å². The van der Waals surface area contributed by atoms with Gasteiger partial charge < -0.3 is 14.6 Å². The van der Waals surface area contributed by atoms with Crippen molar-refractivity contribution >= 4 is 5.97 Å². The number of benzene rings is 1. The minimum absolute atomic E-state index is 0.0000680. The normalized spacial score (nSPS) is 15.1. The largest absolute Gasteiger partial charge is 0.493 e. The van der Waals surface area contributed by atoms with Crippen molar-refractivity contribution < 1.29 is 19.4 Å². The third-order valence-corrected chi connectivity index (χ3v) is 2.93. The van der Waals surface area contributed by atoms with Crippen LogP contribution >= 0.6 is 0 Å². The SMILES string of the molecule is COc1cc(CC(=O)O)ccc1OC1CCC1. The highest BCUT2D eigenvalue weighted by atomic mass is 16.5. The van der Waals surface area contributed by atoms with Crippen LogP contribution in [-0.2, 0) is 11.2 Å². The fraction of sp³-hybridized carbons (Fsp3) is 0.462. The predicted molar refractivity (Wildman–Crippen MR) is 62.6 cm³/mol. The van der Waals surface area contributed by atoms with Crippen molar-refractivity contribution in [2.75, 3.05) is 7.11 Å². The summed E-state index contributed by atoms with van der Waals surface area (Å²) in [5.41, 5.74) is 0.718. The molecule has 1 saturated carbocycles. The standard InChI is InChI=1S/C13H16O4/c1-16-12-7-9(8-13(14)15)5-6-11(12)17-10-3-2-4-10/h5-7,10H,2-4,8H2,1H3,(H,14,15). The molecule has 0 heterocycles. The summed E-state index contributed by atoms with van der Waals surface area (Å²) >= 11 is 0. The number of hydrogen-bond donors (Lipinski definition) is 1. The van der Waals surface area contributed by atoms with Crippen molar-refractivity contribution in [3.63, 3.8) is 0 Å². The number of rotatable bonds is 5. The van der Waals surface area contributed by atoms with E-state index >= 15 is 0 Å². The Hall–Kier alpha value is -1.71. The minimum atomic E-state index is -0.847. The first-order valence-corrected chi connectivity index (χ1v) is 5.74. The Bertz CT molecular complexity index is 410. The van der Waals surface area contributed by atoms with E-state index < -0.39 is 5.97 Å². The number of carboxylic acid groups (broad SMARTS) is 1. The minimum Gasteiger partial charge on any atom is -0.493 e. The number of aliphatic carboxylic acids is 1. The highest BCUT2D eigenvalue weighted by Crippen LogP contribution is 2.33. The van der Waals surface area contributed by atoms with Crippen LogP contribution in [0.4, 0.5) is 0 Å². The van der Waals surface area contributed by atoms with E-state index in [1.807, 2.05) is 0 Å². The van der Waals surface area contributed by atoms with Gasteiger partial charge in [-0.3, -0.25) is 4.79 Å². The van der Waals surface area contributed by atoms with Crippen LogP contribution < -0.4 is 9.47 Å². The molecule has 0 saturated heterocycles. The van der Waals surface area contributed by atoms with Crippen LogP contribution in [0, 0.1) is 0 Å². The van der Waals surface area contributed by atoms with E-state index in [-0.39, 0.29) is 12.5 Å². The van der Waals surface area contributed by atoms with Gasteiger partial charge in [0.15, 0.2) is 11.5 Å². The van der Waals surface area contributed by atoms with Crippen molar-refractivity contribution in [1.82, 2.24) is 0 Å². The number of hydrogen-bond acceptors (Lipinski definition) is 3. The maximum absolute atomic E-state index is 10.6. The average molecular weight is 236 g/mol. The molecular weight excluding hydrogens is 220 g/mol. The Labute approximate surface area is 100 Å². The van der Waals surface area contributed by atoms with Crippen LogP contribution in [0.15, 0.2) is 18.2 Å². The van der Waals surface area contributed by atoms with Gasteiger partial charge in [-0.15, -0.1) is 0 Å². The van der Waals surface area contributed by atoms with E-state index in [9.17, 15) is 4.79 Å². The third kappa shape index (κ3) is 2.90. The zero-order valence-corrected chi connectivity index (χ0v) is 9.81. The topological polar surface area (TPSA) is 55.8 Å². The second-order valence-electron chi connectivity index (χ2n) is 4.23. The van der Waals surface area contributed by atoms with Crippen LogP contribution in [0.3, 0.4) is 0 Å². The van der Waals surface area contributed by atoms with Crippen molar-refractivity contribution in [1.29, 1.82) is 0 Å². The molecule has 0 spiro atoms. The molecule has 92 valence electrons. The van der Waals surface area contributed by atoms with E-state index in [1.165, 1.54) is 6.42 Å². The Balaban J connectivity index is 2.12. The second kappa shape index (κ2) is 5.08. The summed E-state index contributed by atoms with van der Waals surface area (Å²) < 4.78 is 11.0. The van der Waals surface area contributed by atoms with Gasteiger partial charge in [0.1, 0.15) is 0 Å². The lowest BCUT2D eigenvalue weighted by Crippen LogP contribution is -2.24. The fourth-order valence-electron chi connectivity index (χ4n) is 1.76. The van der Waals surface area contributed by atoms with E-state index in [0.29, 0.717) is 11.5 Å². The fourth-order valence-corrected chi connectivity index (χ4v) is 1.76. The van der Waals surface area contributed by atoms with Crippen molar-refractivity contribution in [2.45, 2.75) is 31.8 Å². The third-order valence-electron chi connectivity index (χ3n) is 2.93. The molecule has 1 aliphatic carbocycles. The van der Waals surface area contributed by atoms with E-state index in [1.54, 1.807) is 25.3 Å². The van der Waals surface area contributed by atoms with E-state index in [0.717, 1.165) is 18.4 Å². The summed E-state index contributed by atoms with van der Waals surface area (Å²) in [6.07, 6.45) is 3.67. The zero-order chi connectivity index (χ0) is 12.3. The Morgan fingerprint density at radius 3 is 2.71 bits per heavy atom.